The minimum absolute atomic E-state index is 0.0924. The Morgan fingerprint density at radius 2 is 2.30 bits per heavy atom. The molecule has 0 radical (unpaired) electrons. The molecule has 0 spiro atoms. The highest BCUT2D eigenvalue weighted by Crippen LogP contribution is 2.17. The van der Waals surface area contributed by atoms with Crippen LogP contribution in [0.2, 0.25) is 0 Å². The Kier molecular flexibility index (Phi) is 2.32. The lowest BCUT2D eigenvalue weighted by molar-refractivity contribution is 0.318. The predicted octanol–water partition coefficient (Wildman–Crippen LogP) is 0.820. The van der Waals surface area contributed by atoms with E-state index in [0.717, 1.165) is 13.0 Å². The van der Waals surface area contributed by atoms with Crippen molar-refractivity contribution in [2.45, 2.75) is 32.2 Å². The first-order valence-electron chi connectivity index (χ1n) is 4.15. The highest BCUT2D eigenvalue weighted by Gasteiger charge is 2.28. The Labute approximate surface area is 63.4 Å². The predicted molar refractivity (Wildman–Crippen MR) is 43.9 cm³/mol. The van der Waals surface area contributed by atoms with Crippen molar-refractivity contribution in [1.82, 2.24) is 4.90 Å². The molecule has 1 heterocycles. The van der Waals surface area contributed by atoms with E-state index in [-0.39, 0.29) is 5.54 Å². The molecule has 1 aliphatic rings. The summed E-state index contributed by atoms with van der Waals surface area (Å²) in [6, 6.07) is 0. The van der Waals surface area contributed by atoms with E-state index in [0.29, 0.717) is 0 Å². The fourth-order valence-corrected chi connectivity index (χ4v) is 1.59. The van der Waals surface area contributed by atoms with Gasteiger partial charge in [0.25, 0.3) is 0 Å². The van der Waals surface area contributed by atoms with Crippen molar-refractivity contribution < 1.29 is 0 Å². The van der Waals surface area contributed by atoms with E-state index in [1.54, 1.807) is 0 Å². The third-order valence-electron chi connectivity index (χ3n) is 2.12. The normalized spacial score (nSPS) is 35.1. The van der Waals surface area contributed by atoms with Crippen LogP contribution in [0.3, 0.4) is 0 Å². The summed E-state index contributed by atoms with van der Waals surface area (Å²) >= 11 is 0. The van der Waals surface area contributed by atoms with E-state index >= 15 is 0 Å². The molecule has 2 nitrogen and oxygen atoms in total. The summed E-state index contributed by atoms with van der Waals surface area (Å²) in [5.74, 6) is 0. The molecule has 0 aromatic rings. The first kappa shape index (κ1) is 8.02. The molecule has 1 unspecified atom stereocenters. The van der Waals surface area contributed by atoms with Crippen LogP contribution in [0.5, 0.6) is 0 Å². The molecule has 0 aromatic carbocycles. The maximum Gasteiger partial charge on any atom is 0.0267 e. The van der Waals surface area contributed by atoms with E-state index in [4.69, 9.17) is 5.73 Å². The highest BCUT2D eigenvalue weighted by molar-refractivity contribution is 4.89. The summed E-state index contributed by atoms with van der Waals surface area (Å²) < 4.78 is 0. The van der Waals surface area contributed by atoms with Crippen molar-refractivity contribution in [2.24, 2.45) is 5.73 Å². The number of rotatable bonds is 2. The molecule has 0 aromatic heterocycles. The molecule has 0 aliphatic carbocycles. The van der Waals surface area contributed by atoms with Crippen LogP contribution in [-0.2, 0) is 0 Å². The smallest absolute Gasteiger partial charge is 0.0267 e. The summed E-state index contributed by atoms with van der Waals surface area (Å²) in [5, 5.41) is 0. The van der Waals surface area contributed by atoms with Gasteiger partial charge in [-0.25, -0.2) is 0 Å². The second-order valence-corrected chi connectivity index (χ2v) is 3.68. The lowest BCUT2D eigenvalue weighted by Crippen LogP contribution is -2.39. The molecule has 2 heteroatoms. The second kappa shape index (κ2) is 2.89. The van der Waals surface area contributed by atoms with Gasteiger partial charge in [0, 0.05) is 12.1 Å². The Morgan fingerprint density at radius 1 is 1.60 bits per heavy atom. The summed E-state index contributed by atoms with van der Waals surface area (Å²) in [7, 11) is 0. The molecule has 1 rings (SSSR count). The van der Waals surface area contributed by atoms with E-state index in [9.17, 15) is 0 Å². The molecular weight excluding hydrogens is 124 g/mol. The maximum atomic E-state index is 5.96. The van der Waals surface area contributed by atoms with Gasteiger partial charge in [0.2, 0.25) is 0 Å². The van der Waals surface area contributed by atoms with E-state index in [1.807, 2.05) is 0 Å². The molecule has 0 amide bonds. The van der Waals surface area contributed by atoms with Gasteiger partial charge < -0.3 is 10.6 Å². The number of nitrogens with two attached hydrogens (primary N) is 1. The van der Waals surface area contributed by atoms with Gasteiger partial charge in [-0.2, -0.15) is 0 Å². The maximum absolute atomic E-state index is 5.96. The van der Waals surface area contributed by atoms with Gasteiger partial charge >= 0.3 is 0 Å². The van der Waals surface area contributed by atoms with Gasteiger partial charge in [0.05, 0.1) is 0 Å². The standard InChI is InChI=1S/C8H18N2/c1-3-5-10-6-4-8(2,9)7-10/h3-7,9H2,1-2H3. The zero-order valence-corrected chi connectivity index (χ0v) is 7.06. The van der Waals surface area contributed by atoms with Gasteiger partial charge in [-0.15, -0.1) is 0 Å². The number of nitrogens with zero attached hydrogens (tertiary/aromatic N) is 1. The Morgan fingerprint density at radius 3 is 2.70 bits per heavy atom. The molecule has 1 fully saturated rings. The summed E-state index contributed by atoms with van der Waals surface area (Å²) in [6.45, 7) is 7.85. The quantitative estimate of drug-likeness (QED) is 0.618. The fourth-order valence-electron chi connectivity index (χ4n) is 1.59. The van der Waals surface area contributed by atoms with Crippen molar-refractivity contribution in [2.75, 3.05) is 19.6 Å². The highest BCUT2D eigenvalue weighted by atomic mass is 15.2. The minimum Gasteiger partial charge on any atom is -0.324 e. The van der Waals surface area contributed by atoms with Crippen molar-refractivity contribution in [3.63, 3.8) is 0 Å². The molecule has 10 heavy (non-hydrogen) atoms. The monoisotopic (exact) mass is 142 g/mol. The van der Waals surface area contributed by atoms with Crippen LogP contribution < -0.4 is 5.73 Å². The summed E-state index contributed by atoms with van der Waals surface area (Å²) in [4.78, 5) is 2.44. The first-order valence-corrected chi connectivity index (χ1v) is 4.15. The molecule has 1 aliphatic heterocycles. The van der Waals surface area contributed by atoms with E-state index in [2.05, 4.69) is 18.7 Å². The average Bonchev–Trinajstić information content (AvgIpc) is 2.12. The average molecular weight is 142 g/mol. The number of hydrogen-bond acceptors (Lipinski definition) is 2. The molecule has 1 saturated heterocycles. The van der Waals surface area contributed by atoms with Crippen LogP contribution in [0, 0.1) is 0 Å². The number of hydrogen-bond donors (Lipinski definition) is 1. The first-order chi connectivity index (χ1) is 4.64. The third-order valence-corrected chi connectivity index (χ3v) is 2.12. The Bertz CT molecular complexity index is 110. The van der Waals surface area contributed by atoms with Crippen LogP contribution in [-0.4, -0.2) is 30.1 Å². The zero-order chi connectivity index (χ0) is 7.61. The lowest BCUT2D eigenvalue weighted by atomic mass is 10.0. The second-order valence-electron chi connectivity index (χ2n) is 3.68. The van der Waals surface area contributed by atoms with Crippen LogP contribution in [0.4, 0.5) is 0 Å². The Balaban J connectivity index is 2.29. The van der Waals surface area contributed by atoms with Crippen molar-refractivity contribution >= 4 is 0 Å². The van der Waals surface area contributed by atoms with Gasteiger partial charge in [0.1, 0.15) is 0 Å². The van der Waals surface area contributed by atoms with Gasteiger partial charge in [0.15, 0.2) is 0 Å². The lowest BCUT2D eigenvalue weighted by Gasteiger charge is -2.18. The molecule has 1 atom stereocenters. The minimum atomic E-state index is 0.0924. The largest absolute Gasteiger partial charge is 0.324 e. The van der Waals surface area contributed by atoms with Crippen LogP contribution >= 0.6 is 0 Å². The fraction of sp³-hybridized carbons (Fsp3) is 1.00. The van der Waals surface area contributed by atoms with Crippen molar-refractivity contribution in [3.05, 3.63) is 0 Å². The van der Waals surface area contributed by atoms with E-state index < -0.39 is 0 Å². The summed E-state index contributed by atoms with van der Waals surface area (Å²) in [5.41, 5.74) is 6.05. The summed E-state index contributed by atoms with van der Waals surface area (Å²) in [6.07, 6.45) is 2.41. The van der Waals surface area contributed by atoms with Crippen molar-refractivity contribution in [1.29, 1.82) is 0 Å². The van der Waals surface area contributed by atoms with Crippen molar-refractivity contribution in [3.8, 4) is 0 Å². The van der Waals surface area contributed by atoms with E-state index in [1.165, 1.54) is 19.5 Å². The SMILES string of the molecule is CCCN1CCC(C)(N)C1. The molecule has 60 valence electrons. The van der Waals surface area contributed by atoms with Gasteiger partial charge in [-0.1, -0.05) is 6.92 Å². The molecular formula is C8H18N2. The van der Waals surface area contributed by atoms with Crippen LogP contribution in [0.25, 0.3) is 0 Å². The topological polar surface area (TPSA) is 29.3 Å². The van der Waals surface area contributed by atoms with Crippen LogP contribution in [0.1, 0.15) is 26.7 Å². The van der Waals surface area contributed by atoms with Gasteiger partial charge in [-0.05, 0) is 32.9 Å². The zero-order valence-electron chi connectivity index (χ0n) is 7.06. The van der Waals surface area contributed by atoms with Gasteiger partial charge in [-0.3, -0.25) is 0 Å². The molecule has 0 saturated carbocycles. The molecule has 0 bridgehead atoms. The number of likely N-dealkylation sites (tertiary alicyclic amines) is 1. The Hall–Kier alpha value is -0.0800. The molecule has 2 N–H and O–H groups in total. The van der Waals surface area contributed by atoms with Crippen LogP contribution in [0.15, 0.2) is 0 Å². The third kappa shape index (κ3) is 1.96.